The Morgan fingerprint density at radius 1 is 1.35 bits per heavy atom. The Kier molecular flexibility index (Phi) is 4.38. The summed E-state index contributed by atoms with van der Waals surface area (Å²) in [4.78, 5) is 24.2. The van der Waals surface area contributed by atoms with Gasteiger partial charge in [-0.3, -0.25) is 14.7 Å². The topological polar surface area (TPSA) is 79.8 Å². The molecule has 1 aromatic carbocycles. The number of hydrogen-bond donors (Lipinski definition) is 2. The molecule has 2 N–H and O–H groups in total. The lowest BCUT2D eigenvalue weighted by Crippen LogP contribution is -2.33. The fourth-order valence-electron chi connectivity index (χ4n) is 2.87. The number of rotatable bonds is 5. The first-order valence-electron chi connectivity index (χ1n) is 7.62. The Morgan fingerprint density at radius 3 is 2.87 bits per heavy atom. The van der Waals surface area contributed by atoms with E-state index in [1.807, 2.05) is 19.1 Å². The van der Waals surface area contributed by atoms with Gasteiger partial charge in [0, 0.05) is 18.7 Å². The molecule has 1 amide bonds. The summed E-state index contributed by atoms with van der Waals surface area (Å²) in [6.45, 7) is 2.62. The molecule has 0 atom stereocenters. The highest BCUT2D eigenvalue weighted by atomic mass is 32.1. The summed E-state index contributed by atoms with van der Waals surface area (Å²) in [7, 11) is 0. The smallest absolute Gasteiger partial charge is 0.292 e. The first kappa shape index (κ1) is 15.6. The summed E-state index contributed by atoms with van der Waals surface area (Å²) < 4.78 is 2.27. The number of hydrogen-bond acceptors (Lipinski definition) is 4. The first-order valence-corrected chi connectivity index (χ1v) is 8.03. The van der Waals surface area contributed by atoms with Crippen LogP contribution < -0.4 is 5.32 Å². The van der Waals surface area contributed by atoms with Gasteiger partial charge in [0.1, 0.15) is 5.82 Å². The van der Waals surface area contributed by atoms with E-state index in [1.54, 1.807) is 10.6 Å². The number of fused-ring (bicyclic) bond motifs is 1. The van der Waals surface area contributed by atoms with Gasteiger partial charge in [-0.25, -0.2) is 0 Å². The van der Waals surface area contributed by atoms with Crippen LogP contribution in [-0.2, 0) is 24.2 Å². The number of ketones is 1. The van der Waals surface area contributed by atoms with Gasteiger partial charge in [0.25, 0.3) is 5.91 Å². The highest BCUT2D eigenvalue weighted by Crippen LogP contribution is 2.22. The molecular formula is C16H18N4O2S. The van der Waals surface area contributed by atoms with Crippen LogP contribution in [0.25, 0.3) is 0 Å². The molecule has 0 saturated heterocycles. The molecule has 1 aromatic heterocycles. The van der Waals surface area contributed by atoms with Gasteiger partial charge in [0.05, 0.1) is 0 Å². The maximum Gasteiger partial charge on any atom is 0.292 e. The van der Waals surface area contributed by atoms with Crippen molar-refractivity contribution >= 4 is 23.9 Å². The Balaban J connectivity index is 1.60. The van der Waals surface area contributed by atoms with Crippen molar-refractivity contribution in [2.45, 2.75) is 32.7 Å². The fourth-order valence-corrected chi connectivity index (χ4v) is 3.13. The van der Waals surface area contributed by atoms with Crippen molar-refractivity contribution in [3.8, 4) is 0 Å². The minimum atomic E-state index is -0.587. The number of nitrogens with zero attached hydrogens (tertiary/aromatic N) is 2. The van der Waals surface area contributed by atoms with Gasteiger partial charge in [-0.1, -0.05) is 12.1 Å². The molecule has 1 aliphatic rings. The Labute approximate surface area is 138 Å². The van der Waals surface area contributed by atoms with E-state index < -0.39 is 11.7 Å². The summed E-state index contributed by atoms with van der Waals surface area (Å²) in [5, 5.41) is 9.32. The van der Waals surface area contributed by atoms with E-state index in [0.29, 0.717) is 23.4 Å². The summed E-state index contributed by atoms with van der Waals surface area (Å²) in [6.07, 6.45) is 3.15. The third-order valence-electron chi connectivity index (χ3n) is 4.14. The molecule has 120 valence electrons. The average Bonchev–Trinajstić information content (AvgIpc) is 3.14. The van der Waals surface area contributed by atoms with E-state index in [2.05, 4.69) is 15.5 Å². The minimum Gasteiger partial charge on any atom is -0.347 e. The Hall–Kier alpha value is -2.28. The Morgan fingerprint density at radius 2 is 2.13 bits per heavy atom. The van der Waals surface area contributed by atoms with Crippen LogP contribution in [0.3, 0.4) is 0 Å². The largest absolute Gasteiger partial charge is 0.347 e. The van der Waals surface area contributed by atoms with Crippen molar-refractivity contribution in [3.63, 3.8) is 0 Å². The molecule has 7 heteroatoms. The second kappa shape index (κ2) is 6.45. The van der Waals surface area contributed by atoms with Crippen LogP contribution in [0.15, 0.2) is 18.2 Å². The number of carbonyl (C=O) groups excluding carboxylic acids is 2. The van der Waals surface area contributed by atoms with Crippen LogP contribution in [0.1, 0.15) is 33.7 Å². The molecule has 0 unspecified atom stereocenters. The van der Waals surface area contributed by atoms with E-state index in [4.69, 9.17) is 12.2 Å². The molecule has 0 saturated carbocycles. The molecule has 0 spiro atoms. The summed E-state index contributed by atoms with van der Waals surface area (Å²) >= 11 is 5.09. The lowest BCUT2D eigenvalue weighted by Gasteiger charge is -2.07. The zero-order valence-corrected chi connectivity index (χ0v) is 13.7. The predicted molar refractivity (Wildman–Crippen MR) is 88.0 cm³/mol. The van der Waals surface area contributed by atoms with Crippen molar-refractivity contribution in [2.75, 3.05) is 6.54 Å². The Bertz CT molecular complexity index is 822. The van der Waals surface area contributed by atoms with Crippen molar-refractivity contribution in [3.05, 3.63) is 45.5 Å². The maximum atomic E-state index is 12.2. The number of Topliss-reactive ketones (excluding diaryl/α,β-unsaturated/α-hetero) is 1. The van der Waals surface area contributed by atoms with Crippen LogP contribution in [0.2, 0.25) is 0 Å². The van der Waals surface area contributed by atoms with Crippen LogP contribution >= 0.6 is 12.2 Å². The number of benzene rings is 1. The maximum absolute atomic E-state index is 12.2. The lowest BCUT2D eigenvalue weighted by atomic mass is 10.0. The summed E-state index contributed by atoms with van der Waals surface area (Å²) in [5.74, 6) is -0.336. The highest BCUT2D eigenvalue weighted by molar-refractivity contribution is 7.71. The van der Waals surface area contributed by atoms with Crippen molar-refractivity contribution in [1.82, 2.24) is 20.1 Å². The molecule has 0 bridgehead atoms. The average molecular weight is 330 g/mol. The summed E-state index contributed by atoms with van der Waals surface area (Å²) in [5.41, 5.74) is 2.93. The molecule has 0 aliphatic heterocycles. The van der Waals surface area contributed by atoms with Crippen LogP contribution in [0.4, 0.5) is 0 Å². The van der Waals surface area contributed by atoms with Crippen molar-refractivity contribution < 1.29 is 9.59 Å². The van der Waals surface area contributed by atoms with E-state index in [0.717, 1.165) is 25.1 Å². The standard InChI is InChI=1S/C16H18N4O2S/c1-10-18-19-16(23)20(10)8-7-17-15(22)14(21)13-6-5-11-3-2-4-12(11)9-13/h5-6,9H,2-4,7-8H2,1H3,(H,17,22)(H,19,23). The molecule has 0 radical (unpaired) electrons. The van der Waals surface area contributed by atoms with Gasteiger partial charge in [-0.2, -0.15) is 5.10 Å². The fraction of sp³-hybridized carbons (Fsp3) is 0.375. The second-order valence-corrected chi connectivity index (χ2v) is 6.04. The van der Waals surface area contributed by atoms with Gasteiger partial charge in [-0.15, -0.1) is 0 Å². The number of nitrogens with one attached hydrogen (secondary N) is 2. The third kappa shape index (κ3) is 3.24. The number of H-pyrrole nitrogens is 1. The van der Waals surface area contributed by atoms with E-state index in [1.165, 1.54) is 11.1 Å². The van der Waals surface area contributed by atoms with Crippen LogP contribution in [0.5, 0.6) is 0 Å². The first-order chi connectivity index (χ1) is 11.1. The second-order valence-electron chi connectivity index (χ2n) is 5.65. The van der Waals surface area contributed by atoms with Gasteiger partial charge in [0.15, 0.2) is 4.77 Å². The number of carbonyl (C=O) groups is 2. The zero-order valence-electron chi connectivity index (χ0n) is 12.9. The molecule has 1 heterocycles. The molecule has 23 heavy (non-hydrogen) atoms. The lowest BCUT2D eigenvalue weighted by molar-refractivity contribution is -0.117. The van der Waals surface area contributed by atoms with Crippen LogP contribution in [0, 0.1) is 11.7 Å². The normalized spacial score (nSPS) is 12.9. The van der Waals surface area contributed by atoms with Gasteiger partial charge < -0.3 is 9.88 Å². The quantitative estimate of drug-likeness (QED) is 0.497. The molecule has 0 fully saturated rings. The SMILES string of the molecule is Cc1n[nH]c(=S)n1CCNC(=O)C(=O)c1ccc2c(c1)CCC2. The van der Waals surface area contributed by atoms with Gasteiger partial charge in [0.2, 0.25) is 5.78 Å². The molecule has 1 aliphatic carbocycles. The van der Waals surface area contributed by atoms with Crippen LogP contribution in [-0.4, -0.2) is 33.0 Å². The van der Waals surface area contributed by atoms with E-state index in [9.17, 15) is 9.59 Å². The van der Waals surface area contributed by atoms with Crippen molar-refractivity contribution in [1.29, 1.82) is 0 Å². The number of aromatic amines is 1. The monoisotopic (exact) mass is 330 g/mol. The summed E-state index contributed by atoms with van der Waals surface area (Å²) in [6, 6.07) is 5.54. The van der Waals surface area contributed by atoms with Gasteiger partial charge in [-0.05, 0) is 55.6 Å². The molecular weight excluding hydrogens is 312 g/mol. The highest BCUT2D eigenvalue weighted by Gasteiger charge is 2.19. The van der Waals surface area contributed by atoms with E-state index in [-0.39, 0.29) is 0 Å². The number of aryl methyl sites for hydroxylation is 3. The molecule has 6 nitrogen and oxygen atoms in total. The van der Waals surface area contributed by atoms with Crippen molar-refractivity contribution in [2.24, 2.45) is 0 Å². The predicted octanol–water partition coefficient (Wildman–Crippen LogP) is 1.74. The minimum absolute atomic E-state index is 0.324. The molecule has 2 aromatic rings. The number of amides is 1. The number of aromatic nitrogens is 3. The third-order valence-corrected chi connectivity index (χ3v) is 4.45. The zero-order chi connectivity index (χ0) is 16.4. The van der Waals surface area contributed by atoms with Gasteiger partial charge >= 0.3 is 0 Å². The van der Waals surface area contributed by atoms with E-state index >= 15 is 0 Å². The molecule has 3 rings (SSSR count).